The third-order valence-electron chi connectivity index (χ3n) is 2.33. The van der Waals surface area contributed by atoms with Crippen LogP contribution >= 0.6 is 11.6 Å². The number of esters is 1. The second-order valence-electron chi connectivity index (χ2n) is 5.52. The van der Waals surface area contributed by atoms with Crippen LogP contribution in [-0.2, 0) is 9.53 Å². The van der Waals surface area contributed by atoms with Crippen molar-refractivity contribution in [3.05, 3.63) is 12.2 Å². The second kappa shape index (κ2) is 10.1. The third-order valence-corrected chi connectivity index (χ3v) is 3.38. The molecule has 0 spiro atoms. The zero-order valence-corrected chi connectivity index (χ0v) is 14.2. The lowest BCUT2D eigenvalue weighted by Crippen LogP contribution is -2.19. The Balaban J connectivity index is 4.40. The highest BCUT2D eigenvalue weighted by molar-refractivity contribution is 6.84. The first-order valence-corrected chi connectivity index (χ1v) is 10.9. The first-order chi connectivity index (χ1) is 8.89. The van der Waals surface area contributed by atoms with E-state index in [0.29, 0.717) is 5.88 Å². The van der Waals surface area contributed by atoms with Crippen molar-refractivity contribution in [2.45, 2.75) is 58.4 Å². The lowest BCUT2D eigenvalue weighted by Gasteiger charge is -2.12. The van der Waals surface area contributed by atoms with E-state index >= 15 is 0 Å². The Morgan fingerprint density at radius 2 is 2.05 bits per heavy atom. The van der Waals surface area contributed by atoms with Crippen LogP contribution in [0.3, 0.4) is 0 Å². The summed E-state index contributed by atoms with van der Waals surface area (Å²) >= 11 is 5.61. The second-order valence-corrected chi connectivity index (χ2v) is 10.6. The van der Waals surface area contributed by atoms with Gasteiger partial charge in [-0.05, 0) is 18.9 Å². The van der Waals surface area contributed by atoms with Crippen molar-refractivity contribution in [1.29, 1.82) is 0 Å². The maximum atomic E-state index is 11.7. The van der Waals surface area contributed by atoms with Crippen LogP contribution in [0.15, 0.2) is 12.2 Å². The van der Waals surface area contributed by atoms with Crippen molar-refractivity contribution >= 4 is 25.6 Å². The van der Waals surface area contributed by atoms with Gasteiger partial charge in [-0.3, -0.25) is 0 Å². The van der Waals surface area contributed by atoms with Gasteiger partial charge < -0.3 is 4.74 Å². The summed E-state index contributed by atoms with van der Waals surface area (Å²) in [6, 6.07) is 0. The van der Waals surface area contributed by atoms with Crippen LogP contribution in [0, 0.1) is 11.5 Å². The summed E-state index contributed by atoms with van der Waals surface area (Å²) < 4.78 is 5.36. The summed E-state index contributed by atoms with van der Waals surface area (Å²) in [6.45, 7) is 8.44. The minimum atomic E-state index is -1.53. The number of allylic oxidation sites excluding steroid dienone is 1. The standard InChI is InChI=1S/C15H25ClO2Si/c1-5-6-7-9-14(10-8-12-16)18-15(17)11-13-19(2,3)4/h8,10,14H,5-7,9,12H2,1-4H3/b10-8+/t14-/m1/s1. The number of halogens is 1. The van der Waals surface area contributed by atoms with E-state index in [4.69, 9.17) is 16.3 Å². The van der Waals surface area contributed by atoms with Gasteiger partial charge in [0, 0.05) is 11.8 Å². The number of carbonyl (C=O) groups excluding carboxylic acids is 1. The topological polar surface area (TPSA) is 26.3 Å². The molecule has 108 valence electrons. The van der Waals surface area contributed by atoms with E-state index in [9.17, 15) is 4.79 Å². The van der Waals surface area contributed by atoms with E-state index in [1.807, 2.05) is 12.2 Å². The Morgan fingerprint density at radius 3 is 2.58 bits per heavy atom. The van der Waals surface area contributed by atoms with E-state index in [1.165, 1.54) is 0 Å². The molecule has 0 amide bonds. The number of ether oxygens (including phenoxy) is 1. The molecule has 0 N–H and O–H groups in total. The Morgan fingerprint density at radius 1 is 1.37 bits per heavy atom. The molecule has 0 bridgehead atoms. The number of carbonyl (C=O) groups is 1. The van der Waals surface area contributed by atoms with Gasteiger partial charge in [-0.2, -0.15) is 0 Å². The highest BCUT2D eigenvalue weighted by Gasteiger charge is 2.12. The summed E-state index contributed by atoms with van der Waals surface area (Å²) in [4.78, 5) is 11.7. The largest absolute Gasteiger partial charge is 0.449 e. The monoisotopic (exact) mass is 300 g/mol. The zero-order valence-electron chi connectivity index (χ0n) is 12.5. The average Bonchev–Trinajstić information content (AvgIpc) is 2.32. The molecule has 0 aromatic heterocycles. The van der Waals surface area contributed by atoms with Gasteiger partial charge in [-0.15, -0.1) is 17.1 Å². The molecule has 1 atom stereocenters. The number of rotatable bonds is 7. The molecular weight excluding hydrogens is 276 g/mol. The molecule has 2 nitrogen and oxygen atoms in total. The molecule has 0 rings (SSSR count). The van der Waals surface area contributed by atoms with Crippen LogP contribution in [-0.4, -0.2) is 26.0 Å². The van der Waals surface area contributed by atoms with Gasteiger partial charge in [0.15, 0.2) is 0 Å². The highest BCUT2D eigenvalue weighted by atomic mass is 35.5. The number of hydrogen-bond donors (Lipinski definition) is 0. The molecule has 0 heterocycles. The zero-order chi connectivity index (χ0) is 14.7. The minimum Gasteiger partial charge on any atom is -0.449 e. The molecular formula is C15H25ClO2Si. The van der Waals surface area contributed by atoms with Crippen molar-refractivity contribution in [2.75, 3.05) is 5.88 Å². The van der Waals surface area contributed by atoms with Crippen molar-refractivity contribution in [3.8, 4) is 11.5 Å². The summed E-state index contributed by atoms with van der Waals surface area (Å²) in [5.41, 5.74) is 3.01. The van der Waals surface area contributed by atoms with Gasteiger partial charge in [0.2, 0.25) is 0 Å². The van der Waals surface area contributed by atoms with Gasteiger partial charge in [-0.1, -0.05) is 45.5 Å². The SMILES string of the molecule is CCCCC[C@H](/C=C/CCl)OC(=O)C#C[Si](C)(C)C. The maximum Gasteiger partial charge on any atom is 0.384 e. The smallest absolute Gasteiger partial charge is 0.384 e. The van der Waals surface area contributed by atoms with Gasteiger partial charge in [0.25, 0.3) is 0 Å². The third kappa shape index (κ3) is 12.1. The fourth-order valence-electron chi connectivity index (χ4n) is 1.40. The van der Waals surface area contributed by atoms with Gasteiger partial charge in [-0.25, -0.2) is 4.79 Å². The van der Waals surface area contributed by atoms with Crippen LogP contribution < -0.4 is 0 Å². The van der Waals surface area contributed by atoms with Crippen LogP contribution in [0.25, 0.3) is 0 Å². The van der Waals surface area contributed by atoms with Crippen molar-refractivity contribution in [3.63, 3.8) is 0 Å². The van der Waals surface area contributed by atoms with Gasteiger partial charge in [0.05, 0.1) is 0 Å². The molecule has 0 radical (unpaired) electrons. The highest BCUT2D eigenvalue weighted by Crippen LogP contribution is 2.09. The van der Waals surface area contributed by atoms with Gasteiger partial charge in [0.1, 0.15) is 14.2 Å². The van der Waals surface area contributed by atoms with Crippen LogP contribution in [0.1, 0.15) is 32.6 Å². The van der Waals surface area contributed by atoms with Crippen LogP contribution in [0.5, 0.6) is 0 Å². The quantitative estimate of drug-likeness (QED) is 0.176. The summed E-state index contributed by atoms with van der Waals surface area (Å²) in [6.07, 6.45) is 7.64. The molecule has 0 saturated heterocycles. The molecule has 0 unspecified atom stereocenters. The van der Waals surface area contributed by atoms with Crippen molar-refractivity contribution in [1.82, 2.24) is 0 Å². The van der Waals surface area contributed by atoms with E-state index in [1.54, 1.807) is 0 Å². The van der Waals surface area contributed by atoms with E-state index < -0.39 is 14.0 Å². The number of unbranched alkanes of at least 4 members (excludes halogenated alkanes) is 2. The van der Waals surface area contributed by atoms with Crippen molar-refractivity contribution in [2.24, 2.45) is 0 Å². The molecule has 0 fully saturated rings. The average molecular weight is 301 g/mol. The van der Waals surface area contributed by atoms with E-state index in [2.05, 4.69) is 38.0 Å². The Hall–Kier alpha value is -0.723. The summed E-state index contributed by atoms with van der Waals surface area (Å²) in [7, 11) is -1.53. The van der Waals surface area contributed by atoms with Gasteiger partial charge >= 0.3 is 5.97 Å². The molecule has 19 heavy (non-hydrogen) atoms. The minimum absolute atomic E-state index is 0.200. The number of alkyl halides is 1. The lowest BCUT2D eigenvalue weighted by atomic mass is 10.1. The van der Waals surface area contributed by atoms with Crippen LogP contribution in [0.4, 0.5) is 0 Å². The number of hydrogen-bond acceptors (Lipinski definition) is 2. The van der Waals surface area contributed by atoms with Crippen LogP contribution in [0.2, 0.25) is 19.6 Å². The molecule has 0 aromatic carbocycles. The Kier molecular flexibility index (Phi) is 9.73. The predicted octanol–water partition coefficient (Wildman–Crippen LogP) is 4.15. The lowest BCUT2D eigenvalue weighted by molar-refractivity contribution is -0.140. The molecule has 0 aliphatic carbocycles. The Bertz CT molecular complexity index is 347. The fourth-order valence-corrected chi connectivity index (χ4v) is 1.98. The molecule has 4 heteroatoms. The molecule has 0 saturated carbocycles. The summed E-state index contributed by atoms with van der Waals surface area (Å²) in [5.74, 6) is 2.61. The van der Waals surface area contributed by atoms with E-state index in [0.717, 1.165) is 25.7 Å². The Labute approximate surface area is 123 Å². The first-order valence-electron chi connectivity index (χ1n) is 6.85. The molecule has 0 aromatic rings. The summed E-state index contributed by atoms with van der Waals surface area (Å²) in [5, 5.41) is 0. The van der Waals surface area contributed by atoms with E-state index in [-0.39, 0.29) is 6.10 Å². The molecule has 0 aliphatic heterocycles. The first kappa shape index (κ1) is 18.3. The fraction of sp³-hybridized carbons (Fsp3) is 0.667. The predicted molar refractivity (Wildman–Crippen MR) is 85.0 cm³/mol. The normalized spacial score (nSPS) is 12.9. The maximum absolute atomic E-state index is 11.7. The van der Waals surface area contributed by atoms with Crippen molar-refractivity contribution < 1.29 is 9.53 Å². The molecule has 0 aliphatic rings.